The summed E-state index contributed by atoms with van der Waals surface area (Å²) in [6, 6.07) is 3.72. The second-order valence-corrected chi connectivity index (χ2v) is 3.18. The van der Waals surface area contributed by atoms with Crippen LogP contribution in [0.3, 0.4) is 0 Å². The second kappa shape index (κ2) is 4.57. The van der Waals surface area contributed by atoms with Crippen molar-refractivity contribution >= 4 is 5.97 Å². The van der Waals surface area contributed by atoms with E-state index in [2.05, 4.69) is 9.97 Å². The summed E-state index contributed by atoms with van der Waals surface area (Å²) in [5.74, 6) is -0.296. The van der Waals surface area contributed by atoms with Gasteiger partial charge in [0.1, 0.15) is 6.33 Å². The lowest BCUT2D eigenvalue weighted by Crippen LogP contribution is -2.16. The van der Waals surface area contributed by atoms with Crippen LogP contribution in [0.1, 0.15) is 13.3 Å². The van der Waals surface area contributed by atoms with Crippen LogP contribution in [-0.2, 0) is 4.79 Å². The molecular weight excluding hydrogens is 206 g/mol. The molecule has 5 nitrogen and oxygen atoms in total. The Morgan fingerprint density at radius 2 is 2.44 bits per heavy atom. The van der Waals surface area contributed by atoms with Gasteiger partial charge < -0.3 is 4.84 Å². The number of aromatic nitrogens is 3. The zero-order chi connectivity index (χ0) is 11.4. The van der Waals surface area contributed by atoms with Crippen molar-refractivity contribution in [3.05, 3.63) is 37.1 Å². The van der Waals surface area contributed by atoms with Crippen molar-refractivity contribution in [3.8, 4) is 11.3 Å². The third kappa shape index (κ3) is 2.25. The molecule has 0 spiro atoms. The first-order chi connectivity index (χ1) is 7.79. The molecule has 0 aromatic carbocycles. The quantitative estimate of drug-likeness (QED) is 0.777. The van der Waals surface area contributed by atoms with Crippen molar-refractivity contribution < 1.29 is 9.63 Å². The Kier molecular flexibility index (Phi) is 2.95. The lowest BCUT2D eigenvalue weighted by atomic mass is 10.2. The number of nitrogens with zero attached hydrogens (tertiary/aromatic N) is 3. The van der Waals surface area contributed by atoms with Gasteiger partial charge in [0.15, 0.2) is 0 Å². The maximum atomic E-state index is 11.0. The highest BCUT2D eigenvalue weighted by Crippen LogP contribution is 2.13. The normalized spacial score (nSPS) is 10.1. The third-order valence-corrected chi connectivity index (χ3v) is 2.01. The first-order valence-electron chi connectivity index (χ1n) is 4.95. The number of carbonyl (C=O) groups excluding carboxylic acids is 1. The van der Waals surface area contributed by atoms with Crippen molar-refractivity contribution in [1.82, 2.24) is 14.7 Å². The molecule has 2 rings (SSSR count). The summed E-state index contributed by atoms with van der Waals surface area (Å²) in [7, 11) is 0. The molecule has 5 heteroatoms. The molecule has 0 saturated heterocycles. The van der Waals surface area contributed by atoms with Gasteiger partial charge in [-0.1, -0.05) is 6.92 Å². The molecule has 0 aliphatic carbocycles. The largest absolute Gasteiger partial charge is 0.336 e. The van der Waals surface area contributed by atoms with E-state index in [0.29, 0.717) is 6.42 Å². The predicted octanol–water partition coefficient (Wildman–Crippen LogP) is 1.31. The molecule has 0 fully saturated rings. The van der Waals surface area contributed by atoms with Gasteiger partial charge in [-0.05, 0) is 12.1 Å². The van der Waals surface area contributed by atoms with E-state index in [0.717, 1.165) is 11.3 Å². The summed E-state index contributed by atoms with van der Waals surface area (Å²) in [5.41, 5.74) is 1.60. The summed E-state index contributed by atoms with van der Waals surface area (Å²) >= 11 is 0. The lowest BCUT2D eigenvalue weighted by Gasteiger charge is -1.99. The van der Waals surface area contributed by atoms with Crippen LogP contribution in [0.5, 0.6) is 0 Å². The van der Waals surface area contributed by atoms with Gasteiger partial charge in [-0.3, -0.25) is 4.98 Å². The Labute approximate surface area is 92.7 Å². The molecule has 0 bridgehead atoms. The van der Waals surface area contributed by atoms with Gasteiger partial charge in [-0.25, -0.2) is 9.78 Å². The molecule has 0 aliphatic rings. The van der Waals surface area contributed by atoms with Gasteiger partial charge in [0.25, 0.3) is 0 Å². The molecule has 82 valence electrons. The van der Waals surface area contributed by atoms with Crippen molar-refractivity contribution in [2.45, 2.75) is 13.3 Å². The molecule has 0 N–H and O–H groups in total. The summed E-state index contributed by atoms with van der Waals surface area (Å²) in [5, 5.41) is 0. The van der Waals surface area contributed by atoms with Crippen LogP contribution >= 0.6 is 0 Å². The fourth-order valence-electron chi connectivity index (χ4n) is 1.20. The van der Waals surface area contributed by atoms with E-state index < -0.39 is 0 Å². The zero-order valence-electron chi connectivity index (χ0n) is 8.83. The topological polar surface area (TPSA) is 57.0 Å². The van der Waals surface area contributed by atoms with Crippen LogP contribution in [0.2, 0.25) is 0 Å². The van der Waals surface area contributed by atoms with Crippen molar-refractivity contribution in [1.29, 1.82) is 0 Å². The van der Waals surface area contributed by atoms with Crippen LogP contribution in [-0.4, -0.2) is 20.7 Å². The van der Waals surface area contributed by atoms with Gasteiger partial charge in [0, 0.05) is 24.4 Å². The summed E-state index contributed by atoms with van der Waals surface area (Å²) < 4.78 is 1.30. The number of carbonyl (C=O) groups is 1. The minimum absolute atomic E-state index is 0.296. The highest BCUT2D eigenvalue weighted by molar-refractivity contribution is 5.69. The van der Waals surface area contributed by atoms with Crippen LogP contribution in [0, 0.1) is 0 Å². The fraction of sp³-hybridized carbons (Fsp3) is 0.182. The van der Waals surface area contributed by atoms with Crippen LogP contribution in [0.15, 0.2) is 37.1 Å². The van der Waals surface area contributed by atoms with Crippen LogP contribution in [0.4, 0.5) is 0 Å². The van der Waals surface area contributed by atoms with Gasteiger partial charge in [0.05, 0.1) is 11.9 Å². The number of imidazole rings is 1. The molecule has 0 unspecified atom stereocenters. The van der Waals surface area contributed by atoms with Crippen molar-refractivity contribution in [2.24, 2.45) is 0 Å². The van der Waals surface area contributed by atoms with E-state index in [9.17, 15) is 4.79 Å². The first kappa shape index (κ1) is 10.4. The molecule has 2 aromatic rings. The summed E-state index contributed by atoms with van der Waals surface area (Å²) in [6.45, 7) is 1.74. The average Bonchev–Trinajstić information content (AvgIpc) is 2.78. The summed E-state index contributed by atoms with van der Waals surface area (Å²) in [6.07, 6.45) is 6.83. The Bertz CT molecular complexity index is 479. The zero-order valence-corrected chi connectivity index (χ0v) is 8.83. The Morgan fingerprint density at radius 3 is 3.12 bits per heavy atom. The predicted molar refractivity (Wildman–Crippen MR) is 57.3 cm³/mol. The molecule has 2 aromatic heterocycles. The average molecular weight is 217 g/mol. The maximum Gasteiger partial charge on any atom is 0.332 e. The monoisotopic (exact) mass is 217 g/mol. The maximum absolute atomic E-state index is 11.0. The molecule has 0 atom stereocenters. The van der Waals surface area contributed by atoms with E-state index in [-0.39, 0.29) is 5.97 Å². The smallest absolute Gasteiger partial charge is 0.332 e. The highest BCUT2D eigenvalue weighted by Gasteiger charge is 2.05. The van der Waals surface area contributed by atoms with E-state index in [1.807, 2.05) is 12.1 Å². The minimum Gasteiger partial charge on any atom is -0.336 e. The van der Waals surface area contributed by atoms with Gasteiger partial charge in [-0.15, -0.1) is 0 Å². The third-order valence-electron chi connectivity index (χ3n) is 2.01. The van der Waals surface area contributed by atoms with Gasteiger partial charge in [0.2, 0.25) is 0 Å². The molecule has 2 heterocycles. The van der Waals surface area contributed by atoms with E-state index in [4.69, 9.17) is 4.84 Å². The van der Waals surface area contributed by atoms with Crippen molar-refractivity contribution in [2.75, 3.05) is 0 Å². The Balaban J connectivity index is 2.17. The van der Waals surface area contributed by atoms with E-state index in [1.54, 1.807) is 25.5 Å². The van der Waals surface area contributed by atoms with Gasteiger partial charge >= 0.3 is 5.97 Å². The van der Waals surface area contributed by atoms with Crippen LogP contribution in [0.25, 0.3) is 11.3 Å². The molecule has 0 radical (unpaired) electrons. The molecule has 0 amide bonds. The molecular formula is C11H11N3O2. The second-order valence-electron chi connectivity index (χ2n) is 3.18. The molecule has 0 saturated carbocycles. The fourth-order valence-corrected chi connectivity index (χ4v) is 1.20. The highest BCUT2D eigenvalue weighted by atomic mass is 16.7. The lowest BCUT2D eigenvalue weighted by molar-refractivity contribution is -0.143. The number of pyridine rings is 1. The van der Waals surface area contributed by atoms with Crippen LogP contribution < -0.4 is 4.84 Å². The number of hydrogen-bond donors (Lipinski definition) is 0. The standard InChI is InChI=1S/C11H11N3O2/c1-2-11(15)16-14-7-10(13-8-14)9-4-3-5-12-6-9/h3-8H,2H2,1H3. The van der Waals surface area contributed by atoms with E-state index in [1.165, 1.54) is 11.1 Å². The number of rotatable bonds is 3. The van der Waals surface area contributed by atoms with Gasteiger partial charge in [-0.2, -0.15) is 4.73 Å². The SMILES string of the molecule is CCC(=O)On1cnc(-c2cccnc2)c1. The minimum atomic E-state index is -0.296. The Hall–Kier alpha value is -2.17. The Morgan fingerprint density at radius 1 is 1.56 bits per heavy atom. The van der Waals surface area contributed by atoms with E-state index >= 15 is 0 Å². The molecule has 0 aliphatic heterocycles. The summed E-state index contributed by atoms with van der Waals surface area (Å²) in [4.78, 5) is 24.1. The first-order valence-corrected chi connectivity index (χ1v) is 4.95. The van der Waals surface area contributed by atoms with Crippen molar-refractivity contribution in [3.63, 3.8) is 0 Å². The molecule has 16 heavy (non-hydrogen) atoms. The number of hydrogen-bond acceptors (Lipinski definition) is 4.